The van der Waals surface area contributed by atoms with Crippen molar-refractivity contribution in [1.29, 1.82) is 0 Å². The molecule has 1 saturated carbocycles. The summed E-state index contributed by atoms with van der Waals surface area (Å²) in [4.78, 5) is 0. The highest BCUT2D eigenvalue weighted by Gasteiger charge is 2.37. The maximum absolute atomic E-state index is 14.4. The molecule has 3 nitrogen and oxygen atoms in total. The molecule has 1 aliphatic rings. The second-order valence-corrected chi connectivity index (χ2v) is 5.27. The van der Waals surface area contributed by atoms with Gasteiger partial charge in [0.2, 0.25) is 0 Å². The van der Waals surface area contributed by atoms with Gasteiger partial charge < -0.3 is 15.2 Å². The summed E-state index contributed by atoms with van der Waals surface area (Å²) in [5, 5.41) is 0. The summed E-state index contributed by atoms with van der Waals surface area (Å²) in [6.45, 7) is 0.903. The number of hydrogen-bond acceptors (Lipinski definition) is 3. The second-order valence-electron chi connectivity index (χ2n) is 5.27. The van der Waals surface area contributed by atoms with Gasteiger partial charge in [0.05, 0.1) is 13.7 Å². The van der Waals surface area contributed by atoms with Crippen LogP contribution >= 0.6 is 0 Å². The molecule has 0 saturated heterocycles. The minimum Gasteiger partial charge on any atom is -0.496 e. The number of halogens is 1. The summed E-state index contributed by atoms with van der Waals surface area (Å²) in [7, 11) is 3.17. The first-order chi connectivity index (χ1) is 9.16. The lowest BCUT2D eigenvalue weighted by molar-refractivity contribution is 0.181. The lowest BCUT2D eigenvalue weighted by atomic mass is 9.78. The molecule has 0 spiro atoms. The largest absolute Gasteiger partial charge is 0.496 e. The zero-order valence-corrected chi connectivity index (χ0v) is 11.7. The van der Waals surface area contributed by atoms with E-state index in [2.05, 4.69) is 0 Å². The highest BCUT2D eigenvalue weighted by molar-refractivity contribution is 5.42. The van der Waals surface area contributed by atoms with Crippen LogP contribution in [0.4, 0.5) is 4.39 Å². The highest BCUT2D eigenvalue weighted by Crippen LogP contribution is 2.42. The minimum atomic E-state index is -0.218. The Morgan fingerprint density at radius 1 is 1.26 bits per heavy atom. The molecule has 2 N–H and O–H groups in total. The van der Waals surface area contributed by atoms with E-state index in [0.29, 0.717) is 18.9 Å². The van der Waals surface area contributed by atoms with Crippen molar-refractivity contribution in [2.24, 2.45) is 5.73 Å². The van der Waals surface area contributed by atoms with Gasteiger partial charge in [-0.15, -0.1) is 0 Å². The molecule has 0 unspecified atom stereocenters. The number of ether oxygens (including phenoxy) is 2. The maximum atomic E-state index is 14.4. The molecule has 0 amide bonds. The van der Waals surface area contributed by atoms with Crippen LogP contribution < -0.4 is 10.5 Å². The van der Waals surface area contributed by atoms with E-state index in [0.717, 1.165) is 36.8 Å². The van der Waals surface area contributed by atoms with Gasteiger partial charge in [0.25, 0.3) is 0 Å². The summed E-state index contributed by atoms with van der Waals surface area (Å²) in [6, 6.07) is 3.33. The first-order valence-electron chi connectivity index (χ1n) is 6.73. The summed E-state index contributed by atoms with van der Waals surface area (Å²) in [5.74, 6) is 0.317. The summed E-state index contributed by atoms with van der Waals surface area (Å²) in [6.07, 6.45) is 4.14. The van der Waals surface area contributed by atoms with Gasteiger partial charge in [0.15, 0.2) is 0 Å². The average molecular weight is 267 g/mol. The molecule has 0 aliphatic heterocycles. The van der Waals surface area contributed by atoms with Gasteiger partial charge in [-0.1, -0.05) is 12.8 Å². The Kier molecular flexibility index (Phi) is 4.42. The molecule has 0 aromatic heterocycles. The molecule has 1 aromatic rings. The van der Waals surface area contributed by atoms with Crippen LogP contribution in [0.5, 0.6) is 5.75 Å². The third kappa shape index (κ3) is 2.60. The smallest absolute Gasteiger partial charge is 0.130 e. The molecular weight excluding hydrogens is 245 g/mol. The number of hydrogen-bond donors (Lipinski definition) is 1. The second kappa shape index (κ2) is 5.88. The Morgan fingerprint density at radius 2 is 1.95 bits per heavy atom. The quantitative estimate of drug-likeness (QED) is 0.892. The topological polar surface area (TPSA) is 44.5 Å². The van der Waals surface area contributed by atoms with Gasteiger partial charge in [-0.2, -0.15) is 0 Å². The van der Waals surface area contributed by atoms with Gasteiger partial charge in [-0.3, -0.25) is 0 Å². The number of rotatable bonds is 5. The van der Waals surface area contributed by atoms with Gasteiger partial charge in [0, 0.05) is 30.7 Å². The van der Waals surface area contributed by atoms with E-state index in [4.69, 9.17) is 15.2 Å². The first-order valence-corrected chi connectivity index (χ1v) is 6.73. The molecule has 0 heterocycles. The van der Waals surface area contributed by atoms with E-state index in [9.17, 15) is 4.39 Å². The molecule has 106 valence electrons. The van der Waals surface area contributed by atoms with E-state index in [1.165, 1.54) is 6.07 Å². The lowest BCUT2D eigenvalue weighted by Gasteiger charge is -2.29. The van der Waals surface area contributed by atoms with E-state index in [-0.39, 0.29) is 11.2 Å². The molecule has 1 aliphatic carbocycles. The van der Waals surface area contributed by atoms with Gasteiger partial charge >= 0.3 is 0 Å². The summed E-state index contributed by atoms with van der Waals surface area (Å²) in [5.41, 5.74) is 7.32. The van der Waals surface area contributed by atoms with Crippen molar-refractivity contribution in [3.05, 3.63) is 29.1 Å². The fourth-order valence-corrected chi connectivity index (χ4v) is 3.10. The van der Waals surface area contributed by atoms with Gasteiger partial charge in [-0.25, -0.2) is 4.39 Å². The zero-order chi connectivity index (χ0) is 13.9. The summed E-state index contributed by atoms with van der Waals surface area (Å²) < 4.78 is 24.7. The molecule has 2 rings (SSSR count). The SMILES string of the molecule is COCc1cc(C2(CN)CCCC2)c(F)cc1OC. The van der Waals surface area contributed by atoms with Crippen LogP contribution in [0.3, 0.4) is 0 Å². The lowest BCUT2D eigenvalue weighted by Crippen LogP contribution is -2.33. The minimum absolute atomic E-state index is 0.209. The van der Waals surface area contributed by atoms with Crippen molar-refractivity contribution in [3.63, 3.8) is 0 Å². The predicted octanol–water partition coefficient (Wildman–Crippen LogP) is 2.75. The number of benzene rings is 1. The number of methoxy groups -OCH3 is 2. The molecule has 4 heteroatoms. The number of nitrogens with two attached hydrogens (primary N) is 1. The van der Waals surface area contributed by atoms with E-state index >= 15 is 0 Å². The average Bonchev–Trinajstić information content (AvgIpc) is 2.90. The van der Waals surface area contributed by atoms with Crippen molar-refractivity contribution < 1.29 is 13.9 Å². The Morgan fingerprint density at radius 3 is 2.47 bits per heavy atom. The molecule has 0 atom stereocenters. The Labute approximate surface area is 113 Å². The van der Waals surface area contributed by atoms with E-state index in [1.54, 1.807) is 14.2 Å². The van der Waals surface area contributed by atoms with Crippen molar-refractivity contribution in [3.8, 4) is 5.75 Å². The highest BCUT2D eigenvalue weighted by atomic mass is 19.1. The fourth-order valence-electron chi connectivity index (χ4n) is 3.10. The molecule has 19 heavy (non-hydrogen) atoms. The van der Waals surface area contributed by atoms with Crippen LogP contribution in [0.1, 0.15) is 36.8 Å². The normalized spacial score (nSPS) is 17.7. The Balaban J connectivity index is 2.47. The van der Waals surface area contributed by atoms with Crippen molar-refractivity contribution in [2.75, 3.05) is 20.8 Å². The third-order valence-corrected chi connectivity index (χ3v) is 4.19. The van der Waals surface area contributed by atoms with E-state index in [1.807, 2.05) is 6.07 Å². The predicted molar refractivity (Wildman–Crippen MR) is 72.9 cm³/mol. The monoisotopic (exact) mass is 267 g/mol. The van der Waals surface area contributed by atoms with Crippen LogP contribution in [-0.2, 0) is 16.8 Å². The zero-order valence-electron chi connectivity index (χ0n) is 11.7. The molecule has 1 aromatic carbocycles. The molecular formula is C15H22FNO2. The Hall–Kier alpha value is -1.13. The molecule has 0 bridgehead atoms. The van der Waals surface area contributed by atoms with Gasteiger partial charge in [-0.05, 0) is 24.5 Å². The third-order valence-electron chi connectivity index (χ3n) is 4.19. The standard InChI is InChI=1S/C15H22FNO2/c1-18-9-11-7-12(13(16)8-14(11)19-2)15(10-17)5-3-4-6-15/h7-8H,3-6,9-10,17H2,1-2H3. The van der Waals surface area contributed by atoms with Crippen molar-refractivity contribution in [2.45, 2.75) is 37.7 Å². The summed E-state index contributed by atoms with van der Waals surface area (Å²) >= 11 is 0. The van der Waals surface area contributed by atoms with Crippen LogP contribution in [-0.4, -0.2) is 20.8 Å². The first kappa shape index (κ1) is 14.3. The molecule has 1 fully saturated rings. The maximum Gasteiger partial charge on any atom is 0.130 e. The van der Waals surface area contributed by atoms with Crippen molar-refractivity contribution >= 4 is 0 Å². The van der Waals surface area contributed by atoms with Crippen LogP contribution in [0.25, 0.3) is 0 Å². The van der Waals surface area contributed by atoms with Crippen LogP contribution in [0, 0.1) is 5.82 Å². The van der Waals surface area contributed by atoms with Crippen molar-refractivity contribution in [1.82, 2.24) is 0 Å². The molecule has 0 radical (unpaired) electrons. The fraction of sp³-hybridized carbons (Fsp3) is 0.600. The van der Waals surface area contributed by atoms with Crippen LogP contribution in [0.15, 0.2) is 12.1 Å². The van der Waals surface area contributed by atoms with E-state index < -0.39 is 0 Å². The Bertz CT molecular complexity index is 442. The van der Waals surface area contributed by atoms with Gasteiger partial charge in [0.1, 0.15) is 11.6 Å². The van der Waals surface area contributed by atoms with Crippen LogP contribution in [0.2, 0.25) is 0 Å².